The van der Waals surface area contributed by atoms with Crippen LogP contribution in [-0.4, -0.2) is 46.2 Å². The number of nitrogens with zero attached hydrogens (tertiary/aromatic N) is 3. The summed E-state index contributed by atoms with van der Waals surface area (Å²) < 4.78 is 0. The second-order valence-electron chi connectivity index (χ2n) is 7.06. The molecule has 2 aliphatic heterocycles. The predicted molar refractivity (Wildman–Crippen MR) is 96.2 cm³/mol. The van der Waals surface area contributed by atoms with E-state index in [-0.39, 0.29) is 17.2 Å². The van der Waals surface area contributed by atoms with Crippen LogP contribution in [0.1, 0.15) is 34.5 Å². The van der Waals surface area contributed by atoms with E-state index < -0.39 is 0 Å². The number of piperidine rings is 1. The van der Waals surface area contributed by atoms with Crippen LogP contribution in [-0.2, 0) is 11.3 Å². The standard InChI is InChI=1S/C19H21N3O2S/c23-17-11-19(14-22(17)13-15-3-1-7-20-12-15)5-8-21(9-6-19)18(24)16-4-2-10-25-16/h1-4,7,10,12H,5-6,8-9,11,13-14H2. The highest BCUT2D eigenvalue weighted by Gasteiger charge is 2.45. The molecule has 6 heteroatoms. The molecule has 130 valence electrons. The zero-order valence-electron chi connectivity index (χ0n) is 14.1. The molecule has 0 aromatic carbocycles. The Morgan fingerprint density at radius 3 is 2.76 bits per heavy atom. The number of hydrogen-bond acceptors (Lipinski definition) is 4. The average Bonchev–Trinajstić information content (AvgIpc) is 3.25. The van der Waals surface area contributed by atoms with Crippen molar-refractivity contribution in [1.29, 1.82) is 0 Å². The number of hydrogen-bond donors (Lipinski definition) is 0. The van der Waals surface area contributed by atoms with Crippen LogP contribution < -0.4 is 0 Å². The highest BCUT2D eigenvalue weighted by molar-refractivity contribution is 7.12. The number of aromatic nitrogens is 1. The van der Waals surface area contributed by atoms with E-state index in [0.717, 1.165) is 42.9 Å². The molecule has 2 fully saturated rings. The van der Waals surface area contributed by atoms with Gasteiger partial charge in [-0.1, -0.05) is 12.1 Å². The third-order valence-electron chi connectivity index (χ3n) is 5.34. The van der Waals surface area contributed by atoms with E-state index in [1.807, 2.05) is 45.6 Å². The maximum Gasteiger partial charge on any atom is 0.263 e. The zero-order valence-corrected chi connectivity index (χ0v) is 14.9. The monoisotopic (exact) mass is 355 g/mol. The summed E-state index contributed by atoms with van der Waals surface area (Å²) in [6.45, 7) is 2.91. The lowest BCUT2D eigenvalue weighted by atomic mass is 9.77. The summed E-state index contributed by atoms with van der Waals surface area (Å²) in [5, 5.41) is 1.94. The van der Waals surface area contributed by atoms with Gasteiger partial charge < -0.3 is 9.80 Å². The molecule has 2 aromatic rings. The van der Waals surface area contributed by atoms with E-state index in [1.165, 1.54) is 11.3 Å². The third kappa shape index (κ3) is 3.31. The van der Waals surface area contributed by atoms with Crippen molar-refractivity contribution in [2.45, 2.75) is 25.8 Å². The minimum absolute atomic E-state index is 0.0333. The second-order valence-corrected chi connectivity index (χ2v) is 8.01. The van der Waals surface area contributed by atoms with Gasteiger partial charge in [-0.15, -0.1) is 11.3 Å². The van der Waals surface area contributed by atoms with Gasteiger partial charge in [0.2, 0.25) is 5.91 Å². The minimum Gasteiger partial charge on any atom is -0.338 e. The molecule has 2 aromatic heterocycles. The third-order valence-corrected chi connectivity index (χ3v) is 6.20. The molecule has 0 bridgehead atoms. The lowest BCUT2D eigenvalue weighted by molar-refractivity contribution is -0.128. The lowest BCUT2D eigenvalue weighted by Gasteiger charge is -2.38. The van der Waals surface area contributed by atoms with Gasteiger partial charge in [0.1, 0.15) is 0 Å². The number of rotatable bonds is 3. The van der Waals surface area contributed by atoms with Crippen molar-refractivity contribution in [2.24, 2.45) is 5.41 Å². The summed E-state index contributed by atoms with van der Waals surface area (Å²) in [7, 11) is 0. The van der Waals surface area contributed by atoms with Gasteiger partial charge in [-0.25, -0.2) is 0 Å². The van der Waals surface area contributed by atoms with Gasteiger partial charge in [0.15, 0.2) is 0 Å². The van der Waals surface area contributed by atoms with Crippen LogP contribution in [0.25, 0.3) is 0 Å². The molecule has 0 N–H and O–H groups in total. The summed E-state index contributed by atoms with van der Waals surface area (Å²) in [5.74, 6) is 0.350. The summed E-state index contributed by atoms with van der Waals surface area (Å²) in [4.78, 5) is 33.8. The van der Waals surface area contributed by atoms with Crippen molar-refractivity contribution < 1.29 is 9.59 Å². The van der Waals surface area contributed by atoms with Crippen molar-refractivity contribution in [3.63, 3.8) is 0 Å². The quantitative estimate of drug-likeness (QED) is 0.851. The highest BCUT2D eigenvalue weighted by Crippen LogP contribution is 2.41. The molecule has 0 atom stereocenters. The number of pyridine rings is 1. The van der Waals surface area contributed by atoms with E-state index in [9.17, 15) is 9.59 Å². The first-order chi connectivity index (χ1) is 12.2. The Hall–Kier alpha value is -2.21. The molecular weight excluding hydrogens is 334 g/mol. The Morgan fingerprint density at radius 1 is 1.24 bits per heavy atom. The summed E-state index contributed by atoms with van der Waals surface area (Å²) in [6, 6.07) is 7.70. The van der Waals surface area contributed by atoms with Crippen LogP contribution in [0.4, 0.5) is 0 Å². The van der Waals surface area contributed by atoms with Gasteiger partial charge in [0.25, 0.3) is 5.91 Å². The molecule has 1 spiro atoms. The van der Waals surface area contributed by atoms with Gasteiger partial charge >= 0.3 is 0 Å². The Bertz CT molecular complexity index is 752. The van der Waals surface area contributed by atoms with Crippen LogP contribution in [0.5, 0.6) is 0 Å². The number of thiophene rings is 1. The van der Waals surface area contributed by atoms with Crippen LogP contribution in [0, 0.1) is 5.41 Å². The van der Waals surface area contributed by atoms with Gasteiger partial charge in [-0.05, 0) is 35.9 Å². The van der Waals surface area contributed by atoms with E-state index in [1.54, 1.807) is 6.20 Å². The number of likely N-dealkylation sites (tertiary alicyclic amines) is 2. The molecule has 0 unspecified atom stereocenters. The van der Waals surface area contributed by atoms with Crippen molar-refractivity contribution in [3.05, 3.63) is 52.5 Å². The fraction of sp³-hybridized carbons (Fsp3) is 0.421. The molecule has 2 saturated heterocycles. The van der Waals surface area contributed by atoms with E-state index >= 15 is 0 Å². The minimum atomic E-state index is 0.0333. The number of amides is 2. The summed E-state index contributed by atoms with van der Waals surface area (Å²) in [6.07, 6.45) is 5.98. The maximum atomic E-state index is 12.5. The Labute approximate surface area is 151 Å². The molecule has 0 aliphatic carbocycles. The average molecular weight is 355 g/mol. The maximum absolute atomic E-state index is 12.5. The molecule has 4 heterocycles. The van der Waals surface area contributed by atoms with Crippen molar-refractivity contribution in [1.82, 2.24) is 14.8 Å². The smallest absolute Gasteiger partial charge is 0.263 e. The van der Waals surface area contributed by atoms with Gasteiger partial charge in [-0.3, -0.25) is 14.6 Å². The van der Waals surface area contributed by atoms with Crippen molar-refractivity contribution in [3.8, 4) is 0 Å². The largest absolute Gasteiger partial charge is 0.338 e. The first-order valence-electron chi connectivity index (χ1n) is 8.65. The summed E-state index contributed by atoms with van der Waals surface area (Å²) in [5.41, 5.74) is 1.10. The fourth-order valence-electron chi connectivity index (χ4n) is 3.91. The van der Waals surface area contributed by atoms with Crippen LogP contribution in [0.3, 0.4) is 0 Å². The predicted octanol–water partition coefficient (Wildman–Crippen LogP) is 2.80. The molecular formula is C19H21N3O2S. The van der Waals surface area contributed by atoms with E-state index in [4.69, 9.17) is 0 Å². The second kappa shape index (κ2) is 6.59. The molecule has 25 heavy (non-hydrogen) atoms. The van der Waals surface area contributed by atoms with Crippen LogP contribution in [0.15, 0.2) is 42.0 Å². The molecule has 0 saturated carbocycles. The number of carbonyl (C=O) groups excluding carboxylic acids is 2. The normalized spacial score (nSPS) is 19.6. The Balaban J connectivity index is 1.38. The van der Waals surface area contributed by atoms with E-state index in [2.05, 4.69) is 4.98 Å². The van der Waals surface area contributed by atoms with E-state index in [0.29, 0.717) is 13.0 Å². The summed E-state index contributed by atoms with van der Waals surface area (Å²) >= 11 is 1.49. The van der Waals surface area contributed by atoms with Crippen molar-refractivity contribution in [2.75, 3.05) is 19.6 Å². The lowest BCUT2D eigenvalue weighted by Crippen LogP contribution is -2.44. The molecule has 2 aliphatic rings. The highest BCUT2D eigenvalue weighted by atomic mass is 32.1. The molecule has 5 nitrogen and oxygen atoms in total. The first-order valence-corrected chi connectivity index (χ1v) is 9.53. The van der Waals surface area contributed by atoms with Crippen LogP contribution in [0.2, 0.25) is 0 Å². The first kappa shape index (κ1) is 16.3. The number of carbonyl (C=O) groups is 2. The topological polar surface area (TPSA) is 53.5 Å². The zero-order chi connectivity index (χ0) is 17.3. The Morgan fingerprint density at radius 2 is 2.08 bits per heavy atom. The fourth-order valence-corrected chi connectivity index (χ4v) is 4.60. The van der Waals surface area contributed by atoms with Crippen LogP contribution >= 0.6 is 11.3 Å². The van der Waals surface area contributed by atoms with Gasteiger partial charge in [-0.2, -0.15) is 0 Å². The van der Waals surface area contributed by atoms with Gasteiger partial charge in [0, 0.05) is 50.4 Å². The SMILES string of the molecule is O=C1CC2(CCN(C(=O)c3cccs3)CC2)CN1Cc1cccnc1. The Kier molecular flexibility index (Phi) is 4.29. The molecule has 4 rings (SSSR count). The van der Waals surface area contributed by atoms with Crippen molar-refractivity contribution >= 4 is 23.2 Å². The molecule has 2 amide bonds. The molecule has 0 radical (unpaired) electrons. The van der Waals surface area contributed by atoms with Gasteiger partial charge in [0.05, 0.1) is 4.88 Å².